The molecule has 0 aliphatic rings. The SMILES string of the molecule is Cc1cc(/C=N\NC(=O)COc2ccccc2Cl)c(C)n1-c1ccccc1Cl. The van der Waals surface area contributed by atoms with E-state index in [1.165, 1.54) is 0 Å². The molecule has 144 valence electrons. The number of benzene rings is 2. The van der Waals surface area contributed by atoms with Crippen molar-refractivity contribution in [1.29, 1.82) is 0 Å². The van der Waals surface area contributed by atoms with Crippen LogP contribution < -0.4 is 10.2 Å². The monoisotopic (exact) mass is 415 g/mol. The molecule has 0 radical (unpaired) electrons. The molecule has 7 heteroatoms. The molecule has 1 N–H and O–H groups in total. The molecule has 5 nitrogen and oxygen atoms in total. The van der Waals surface area contributed by atoms with Gasteiger partial charge in [-0.3, -0.25) is 4.79 Å². The van der Waals surface area contributed by atoms with Crippen LogP contribution >= 0.6 is 23.2 Å². The van der Waals surface area contributed by atoms with Gasteiger partial charge in [-0.05, 0) is 44.2 Å². The number of amides is 1. The van der Waals surface area contributed by atoms with E-state index >= 15 is 0 Å². The summed E-state index contributed by atoms with van der Waals surface area (Å²) in [5.74, 6) is 0.0719. The molecule has 0 aliphatic heterocycles. The highest BCUT2D eigenvalue weighted by Crippen LogP contribution is 2.25. The van der Waals surface area contributed by atoms with Gasteiger partial charge in [0.25, 0.3) is 5.91 Å². The predicted molar refractivity (Wildman–Crippen MR) is 113 cm³/mol. The number of hydrogen-bond donors (Lipinski definition) is 1. The van der Waals surface area contributed by atoms with Crippen molar-refractivity contribution in [2.45, 2.75) is 13.8 Å². The van der Waals surface area contributed by atoms with E-state index < -0.39 is 0 Å². The fourth-order valence-electron chi connectivity index (χ4n) is 2.83. The summed E-state index contributed by atoms with van der Waals surface area (Å²) in [6.45, 7) is 3.78. The normalized spacial score (nSPS) is 11.0. The van der Waals surface area contributed by atoms with Crippen LogP contribution in [0.2, 0.25) is 10.0 Å². The lowest BCUT2D eigenvalue weighted by Crippen LogP contribution is -2.24. The average molecular weight is 416 g/mol. The van der Waals surface area contributed by atoms with E-state index in [9.17, 15) is 4.79 Å². The Balaban J connectivity index is 1.65. The molecule has 0 saturated heterocycles. The van der Waals surface area contributed by atoms with Crippen molar-refractivity contribution >= 4 is 35.3 Å². The number of aromatic nitrogens is 1. The summed E-state index contributed by atoms with van der Waals surface area (Å²) in [6.07, 6.45) is 1.60. The summed E-state index contributed by atoms with van der Waals surface area (Å²) < 4.78 is 7.43. The van der Waals surface area contributed by atoms with Crippen LogP contribution in [0.5, 0.6) is 5.75 Å². The molecule has 0 saturated carbocycles. The molecule has 1 amide bonds. The van der Waals surface area contributed by atoms with Crippen molar-refractivity contribution in [2.24, 2.45) is 5.10 Å². The van der Waals surface area contributed by atoms with Gasteiger partial charge in [-0.25, -0.2) is 5.43 Å². The van der Waals surface area contributed by atoms with Crippen LogP contribution in [0.4, 0.5) is 0 Å². The van der Waals surface area contributed by atoms with Crippen molar-refractivity contribution in [3.63, 3.8) is 0 Å². The molecule has 0 fully saturated rings. The number of ether oxygens (including phenoxy) is 1. The Labute approximate surface area is 173 Å². The molecule has 0 aliphatic carbocycles. The number of halogens is 2. The van der Waals surface area contributed by atoms with Gasteiger partial charge in [-0.1, -0.05) is 47.5 Å². The maximum atomic E-state index is 11.9. The number of para-hydroxylation sites is 2. The maximum Gasteiger partial charge on any atom is 0.277 e. The largest absolute Gasteiger partial charge is 0.482 e. The topological polar surface area (TPSA) is 55.6 Å². The average Bonchev–Trinajstić information content (AvgIpc) is 2.95. The second-order valence-electron chi connectivity index (χ2n) is 6.13. The Hall–Kier alpha value is -2.76. The molecule has 3 rings (SSSR count). The second-order valence-corrected chi connectivity index (χ2v) is 6.94. The predicted octanol–water partition coefficient (Wildman–Crippen LogP) is 4.93. The van der Waals surface area contributed by atoms with Crippen molar-refractivity contribution in [1.82, 2.24) is 9.99 Å². The number of carbonyl (C=O) groups is 1. The molecule has 2 aromatic carbocycles. The van der Waals surface area contributed by atoms with Crippen LogP contribution in [0.3, 0.4) is 0 Å². The van der Waals surface area contributed by atoms with Crippen molar-refractivity contribution < 1.29 is 9.53 Å². The molecular formula is C21H19Cl2N3O2. The fraction of sp³-hybridized carbons (Fsp3) is 0.143. The standard InChI is InChI=1S/C21H19Cl2N3O2/c1-14-11-16(15(2)26(14)19-9-5-3-7-17(19)22)12-24-25-21(27)13-28-20-10-6-4-8-18(20)23/h3-12H,13H2,1-2H3,(H,25,27)/b24-12-. The Morgan fingerprint density at radius 2 is 1.79 bits per heavy atom. The van der Waals surface area contributed by atoms with E-state index in [1.807, 2.05) is 48.7 Å². The first-order valence-electron chi connectivity index (χ1n) is 8.60. The van der Waals surface area contributed by atoms with Gasteiger partial charge in [-0.15, -0.1) is 0 Å². The van der Waals surface area contributed by atoms with E-state index in [-0.39, 0.29) is 12.5 Å². The summed E-state index contributed by atoms with van der Waals surface area (Å²) in [5, 5.41) is 5.14. The highest BCUT2D eigenvalue weighted by Gasteiger charge is 2.12. The number of aryl methyl sites for hydroxylation is 1. The van der Waals surface area contributed by atoms with Gasteiger partial charge in [-0.2, -0.15) is 5.10 Å². The third kappa shape index (κ3) is 4.55. The van der Waals surface area contributed by atoms with Gasteiger partial charge in [0.15, 0.2) is 6.61 Å². The molecule has 28 heavy (non-hydrogen) atoms. The Morgan fingerprint density at radius 3 is 2.50 bits per heavy atom. The Bertz CT molecular complexity index is 1030. The lowest BCUT2D eigenvalue weighted by molar-refractivity contribution is -0.123. The number of nitrogens with zero attached hydrogens (tertiary/aromatic N) is 2. The zero-order chi connectivity index (χ0) is 20.1. The summed E-state index contributed by atoms with van der Waals surface area (Å²) >= 11 is 12.3. The third-order valence-corrected chi connectivity index (χ3v) is 4.78. The van der Waals surface area contributed by atoms with Crippen molar-refractivity contribution in [2.75, 3.05) is 6.61 Å². The fourth-order valence-corrected chi connectivity index (χ4v) is 3.24. The Morgan fingerprint density at radius 1 is 1.11 bits per heavy atom. The lowest BCUT2D eigenvalue weighted by Gasteiger charge is -2.11. The molecule has 0 atom stereocenters. The van der Waals surface area contributed by atoms with E-state index in [1.54, 1.807) is 30.5 Å². The molecule has 0 spiro atoms. The summed E-state index contributed by atoms with van der Waals surface area (Å²) in [6, 6.07) is 16.6. The molecule has 1 heterocycles. The number of carbonyl (C=O) groups excluding carboxylic acids is 1. The molecule has 0 bridgehead atoms. The summed E-state index contributed by atoms with van der Waals surface area (Å²) in [5.41, 5.74) is 6.22. The quantitative estimate of drug-likeness (QED) is 0.458. The second kappa shape index (κ2) is 8.95. The first-order valence-corrected chi connectivity index (χ1v) is 9.36. The highest BCUT2D eigenvalue weighted by atomic mass is 35.5. The first-order chi connectivity index (χ1) is 13.5. The molecule has 0 unspecified atom stereocenters. The zero-order valence-corrected chi connectivity index (χ0v) is 17.0. The molecule has 3 aromatic rings. The summed E-state index contributed by atoms with van der Waals surface area (Å²) in [4.78, 5) is 11.9. The maximum absolute atomic E-state index is 11.9. The van der Waals surface area contributed by atoms with Crippen LogP contribution in [0.25, 0.3) is 5.69 Å². The van der Waals surface area contributed by atoms with Gasteiger partial charge < -0.3 is 9.30 Å². The first kappa shape index (κ1) is 20.0. The number of nitrogens with one attached hydrogen (secondary N) is 1. The van der Waals surface area contributed by atoms with Crippen LogP contribution in [0.15, 0.2) is 59.7 Å². The van der Waals surface area contributed by atoms with Crippen molar-refractivity contribution in [3.05, 3.63) is 81.6 Å². The van der Waals surface area contributed by atoms with E-state index in [2.05, 4.69) is 10.5 Å². The number of rotatable bonds is 6. The minimum Gasteiger partial charge on any atom is -0.482 e. The minimum atomic E-state index is -0.379. The summed E-state index contributed by atoms with van der Waals surface area (Å²) in [7, 11) is 0. The smallest absolute Gasteiger partial charge is 0.277 e. The highest BCUT2D eigenvalue weighted by molar-refractivity contribution is 6.32. The lowest BCUT2D eigenvalue weighted by atomic mass is 10.2. The number of hydrazone groups is 1. The van der Waals surface area contributed by atoms with Gasteiger partial charge in [0, 0.05) is 17.0 Å². The van der Waals surface area contributed by atoms with Crippen LogP contribution in [-0.2, 0) is 4.79 Å². The van der Waals surface area contributed by atoms with Crippen LogP contribution in [0.1, 0.15) is 17.0 Å². The van der Waals surface area contributed by atoms with E-state index in [4.69, 9.17) is 27.9 Å². The number of hydrogen-bond acceptors (Lipinski definition) is 3. The minimum absolute atomic E-state index is 0.181. The van der Waals surface area contributed by atoms with Crippen molar-refractivity contribution in [3.8, 4) is 11.4 Å². The van der Waals surface area contributed by atoms with Gasteiger partial charge in [0.1, 0.15) is 5.75 Å². The molecular weight excluding hydrogens is 397 g/mol. The van der Waals surface area contributed by atoms with E-state index in [0.717, 1.165) is 22.6 Å². The van der Waals surface area contributed by atoms with Gasteiger partial charge >= 0.3 is 0 Å². The Kier molecular flexibility index (Phi) is 6.39. The van der Waals surface area contributed by atoms with Crippen LogP contribution in [0, 0.1) is 13.8 Å². The zero-order valence-electron chi connectivity index (χ0n) is 15.4. The van der Waals surface area contributed by atoms with Gasteiger partial charge in [0.05, 0.1) is 21.9 Å². The van der Waals surface area contributed by atoms with Crippen LogP contribution in [-0.4, -0.2) is 23.3 Å². The van der Waals surface area contributed by atoms with E-state index in [0.29, 0.717) is 15.8 Å². The third-order valence-electron chi connectivity index (χ3n) is 4.15. The molecule has 1 aromatic heterocycles. The van der Waals surface area contributed by atoms with Gasteiger partial charge in [0.2, 0.25) is 0 Å².